The lowest BCUT2D eigenvalue weighted by atomic mass is 10.2. The highest BCUT2D eigenvalue weighted by Gasteiger charge is 2.36. The number of hydrogen-bond acceptors (Lipinski definition) is 6. The molecular weight excluding hydrogens is 315 g/mol. The molecule has 0 aliphatic heterocycles. The molecule has 2 rings (SSSR count). The zero-order valence-electron chi connectivity index (χ0n) is 12.8. The molecule has 0 bridgehead atoms. The summed E-state index contributed by atoms with van der Waals surface area (Å²) in [5.74, 6) is -1.56. The second kappa shape index (κ2) is 6.39. The van der Waals surface area contributed by atoms with Crippen LogP contribution < -0.4 is 5.32 Å². The molecule has 0 amide bonds. The lowest BCUT2D eigenvalue weighted by molar-refractivity contribution is -0.145. The number of fused-ring (bicyclic) bond motifs is 1. The van der Waals surface area contributed by atoms with Crippen LogP contribution in [0.15, 0.2) is 6.07 Å². The van der Waals surface area contributed by atoms with E-state index in [2.05, 4.69) is 20.4 Å². The molecule has 10 heteroatoms. The van der Waals surface area contributed by atoms with Gasteiger partial charge in [-0.15, -0.1) is 5.10 Å². The van der Waals surface area contributed by atoms with Crippen molar-refractivity contribution in [3.05, 3.63) is 17.6 Å². The summed E-state index contributed by atoms with van der Waals surface area (Å²) in [5, 5.41) is 6.37. The predicted octanol–water partition coefficient (Wildman–Crippen LogP) is 2.21. The molecule has 1 unspecified atom stereocenters. The Bertz CT molecular complexity index is 713. The molecule has 0 saturated heterocycles. The summed E-state index contributed by atoms with van der Waals surface area (Å²) in [6.45, 7) is 5.30. The Balaban J connectivity index is 2.29. The van der Waals surface area contributed by atoms with Crippen LogP contribution in [0.1, 0.15) is 31.8 Å². The number of carbonyl (C=O) groups is 1. The van der Waals surface area contributed by atoms with E-state index in [-0.39, 0.29) is 30.7 Å². The highest BCUT2D eigenvalue weighted by Crippen LogP contribution is 2.27. The summed E-state index contributed by atoms with van der Waals surface area (Å²) < 4.78 is 44.0. The van der Waals surface area contributed by atoms with Crippen LogP contribution in [0, 0.1) is 6.92 Å². The molecule has 0 aliphatic rings. The quantitative estimate of drug-likeness (QED) is 0.846. The molecule has 0 fully saturated rings. The molecule has 7 nitrogen and oxygen atoms in total. The van der Waals surface area contributed by atoms with E-state index in [0.717, 1.165) is 4.52 Å². The second-order valence-corrected chi connectivity index (χ2v) is 4.98. The number of esters is 1. The fraction of sp³-hybridized carbons (Fsp3) is 0.538. The monoisotopic (exact) mass is 331 g/mol. The molecular formula is C13H16F3N5O2. The summed E-state index contributed by atoms with van der Waals surface area (Å²) in [7, 11) is 0. The Morgan fingerprint density at radius 1 is 1.43 bits per heavy atom. The van der Waals surface area contributed by atoms with Crippen molar-refractivity contribution in [3.8, 4) is 0 Å². The van der Waals surface area contributed by atoms with Crippen LogP contribution in [0.3, 0.4) is 0 Å². The van der Waals surface area contributed by atoms with Crippen LogP contribution in [0.2, 0.25) is 0 Å². The first-order chi connectivity index (χ1) is 10.7. The van der Waals surface area contributed by atoms with Gasteiger partial charge in [0.15, 0.2) is 0 Å². The molecule has 0 saturated carbocycles. The van der Waals surface area contributed by atoms with Crippen LogP contribution in [-0.2, 0) is 15.7 Å². The number of aryl methyl sites for hydroxylation is 1. The molecule has 23 heavy (non-hydrogen) atoms. The number of rotatable bonds is 5. The van der Waals surface area contributed by atoms with Crippen LogP contribution >= 0.6 is 0 Å². The number of halogens is 3. The largest absolute Gasteiger partial charge is 0.466 e. The van der Waals surface area contributed by atoms with E-state index in [1.165, 1.54) is 6.07 Å². The van der Waals surface area contributed by atoms with Crippen LogP contribution in [0.4, 0.5) is 19.0 Å². The van der Waals surface area contributed by atoms with Crippen molar-refractivity contribution in [2.45, 2.75) is 39.4 Å². The SMILES string of the molecule is CCOC(=O)CC(C)Nc1cc(C)nc2nc(C(F)(F)F)nn12. The fourth-order valence-electron chi connectivity index (χ4n) is 1.98. The molecule has 0 radical (unpaired) electrons. The van der Waals surface area contributed by atoms with Gasteiger partial charge in [0.25, 0.3) is 11.6 Å². The Morgan fingerprint density at radius 3 is 2.74 bits per heavy atom. The minimum absolute atomic E-state index is 0.0670. The third-order valence-electron chi connectivity index (χ3n) is 2.87. The molecule has 0 aromatic carbocycles. The Kier molecular flexibility index (Phi) is 4.71. The maximum atomic E-state index is 12.7. The second-order valence-electron chi connectivity index (χ2n) is 4.98. The molecule has 2 aromatic rings. The number of nitrogens with one attached hydrogen (secondary N) is 1. The van der Waals surface area contributed by atoms with Crippen molar-refractivity contribution in [1.29, 1.82) is 0 Å². The number of anilines is 1. The van der Waals surface area contributed by atoms with Crippen LogP contribution in [0.5, 0.6) is 0 Å². The summed E-state index contributed by atoms with van der Waals surface area (Å²) >= 11 is 0. The van der Waals surface area contributed by atoms with E-state index >= 15 is 0 Å². The molecule has 1 N–H and O–H groups in total. The highest BCUT2D eigenvalue weighted by molar-refractivity contribution is 5.70. The summed E-state index contributed by atoms with van der Waals surface area (Å²) in [5.41, 5.74) is 0.476. The van der Waals surface area contributed by atoms with Crippen molar-refractivity contribution in [2.75, 3.05) is 11.9 Å². The molecule has 2 heterocycles. The normalized spacial score (nSPS) is 13.1. The third kappa shape index (κ3) is 4.08. The van der Waals surface area contributed by atoms with E-state index in [4.69, 9.17) is 4.74 Å². The van der Waals surface area contributed by atoms with Crippen molar-refractivity contribution in [3.63, 3.8) is 0 Å². The van der Waals surface area contributed by atoms with Crippen LogP contribution in [-0.4, -0.2) is 38.2 Å². The van der Waals surface area contributed by atoms with Crippen molar-refractivity contribution < 1.29 is 22.7 Å². The zero-order chi connectivity index (χ0) is 17.2. The topological polar surface area (TPSA) is 81.4 Å². The third-order valence-corrected chi connectivity index (χ3v) is 2.87. The Labute approximate surface area is 129 Å². The zero-order valence-corrected chi connectivity index (χ0v) is 12.8. The van der Waals surface area contributed by atoms with Gasteiger partial charge in [-0.2, -0.15) is 22.7 Å². The number of carbonyl (C=O) groups excluding carboxylic acids is 1. The van der Waals surface area contributed by atoms with Crippen molar-refractivity contribution in [1.82, 2.24) is 19.6 Å². The van der Waals surface area contributed by atoms with Crippen molar-refractivity contribution in [2.24, 2.45) is 0 Å². The average molecular weight is 331 g/mol. The molecule has 126 valence electrons. The summed E-state index contributed by atoms with van der Waals surface area (Å²) in [4.78, 5) is 18.8. The number of nitrogens with zero attached hydrogens (tertiary/aromatic N) is 4. The first-order valence-corrected chi connectivity index (χ1v) is 6.94. The van der Waals surface area contributed by atoms with Gasteiger partial charge in [-0.3, -0.25) is 4.79 Å². The van der Waals surface area contributed by atoms with Gasteiger partial charge < -0.3 is 10.1 Å². The minimum Gasteiger partial charge on any atom is -0.466 e. The summed E-state index contributed by atoms with van der Waals surface area (Å²) in [6.07, 6.45) is -4.59. The minimum atomic E-state index is -4.66. The van der Waals surface area contributed by atoms with Crippen LogP contribution in [0.25, 0.3) is 5.78 Å². The number of alkyl halides is 3. The van der Waals surface area contributed by atoms with Gasteiger partial charge in [-0.1, -0.05) is 0 Å². The molecule has 2 aromatic heterocycles. The van der Waals surface area contributed by atoms with Gasteiger partial charge in [0.1, 0.15) is 5.82 Å². The van der Waals surface area contributed by atoms with Gasteiger partial charge in [0, 0.05) is 17.8 Å². The van der Waals surface area contributed by atoms with E-state index in [0.29, 0.717) is 5.69 Å². The van der Waals surface area contributed by atoms with E-state index in [1.54, 1.807) is 20.8 Å². The Morgan fingerprint density at radius 2 is 2.13 bits per heavy atom. The standard InChI is InChI=1S/C13H16F3N5O2/c1-4-23-10(22)6-8(3)17-9-5-7(2)18-12-19-11(13(14,15)16)20-21(9)12/h5,8,17H,4,6H2,1-3H3. The lowest BCUT2D eigenvalue weighted by Crippen LogP contribution is -2.22. The average Bonchev–Trinajstić information content (AvgIpc) is 2.82. The van der Waals surface area contributed by atoms with Gasteiger partial charge >= 0.3 is 12.1 Å². The predicted molar refractivity (Wildman–Crippen MR) is 74.9 cm³/mol. The number of hydrogen-bond donors (Lipinski definition) is 1. The molecule has 0 aliphatic carbocycles. The molecule has 0 spiro atoms. The van der Waals surface area contributed by atoms with Gasteiger partial charge in [-0.05, 0) is 20.8 Å². The first-order valence-electron chi connectivity index (χ1n) is 6.94. The van der Waals surface area contributed by atoms with Gasteiger partial charge in [0.05, 0.1) is 13.0 Å². The fourth-order valence-corrected chi connectivity index (χ4v) is 1.98. The smallest absolute Gasteiger partial charge is 0.453 e. The summed E-state index contributed by atoms with van der Waals surface area (Å²) in [6, 6.07) is 1.17. The Hall–Kier alpha value is -2.39. The van der Waals surface area contributed by atoms with Gasteiger partial charge in [-0.25, -0.2) is 4.98 Å². The number of aromatic nitrogens is 4. The van der Waals surface area contributed by atoms with E-state index in [1.807, 2.05) is 0 Å². The van der Waals surface area contributed by atoms with E-state index in [9.17, 15) is 18.0 Å². The maximum absolute atomic E-state index is 12.7. The first kappa shape index (κ1) is 17.0. The maximum Gasteiger partial charge on any atom is 0.453 e. The molecule has 1 atom stereocenters. The highest BCUT2D eigenvalue weighted by atomic mass is 19.4. The van der Waals surface area contributed by atoms with Gasteiger partial charge in [0.2, 0.25) is 0 Å². The number of ether oxygens (including phenoxy) is 1. The van der Waals surface area contributed by atoms with Crippen molar-refractivity contribution >= 4 is 17.6 Å². The lowest BCUT2D eigenvalue weighted by Gasteiger charge is -2.15. The van der Waals surface area contributed by atoms with E-state index < -0.39 is 18.0 Å².